The molecule has 0 aromatic heterocycles. The van der Waals surface area contributed by atoms with Crippen LogP contribution in [-0.4, -0.2) is 6.54 Å². The van der Waals surface area contributed by atoms with E-state index in [1.165, 1.54) is 24.8 Å². The normalized spacial score (nSPS) is 8.09. The second-order valence-corrected chi connectivity index (χ2v) is 2.86. The van der Waals surface area contributed by atoms with Gasteiger partial charge in [-0.1, -0.05) is 31.4 Å². The van der Waals surface area contributed by atoms with Gasteiger partial charge in [0.15, 0.2) is 0 Å². The summed E-state index contributed by atoms with van der Waals surface area (Å²) in [6.45, 7) is 9.23. The van der Waals surface area contributed by atoms with Gasteiger partial charge in [-0.05, 0) is 33.7 Å². The molecule has 0 amide bonds. The minimum Gasteiger partial charge on any atom is -0.330 e. The third-order valence-corrected chi connectivity index (χ3v) is 1.39. The quantitative estimate of drug-likeness (QED) is 0.494. The Kier molecular flexibility index (Phi) is 15.0. The van der Waals surface area contributed by atoms with E-state index in [4.69, 9.17) is 5.73 Å². The van der Waals surface area contributed by atoms with E-state index in [1.807, 2.05) is 6.92 Å². The molecule has 0 radical (unpaired) electrons. The first kappa shape index (κ1) is 13.3. The molecule has 0 aromatic rings. The number of nitrogens with two attached hydrogens (primary N) is 1. The summed E-state index contributed by atoms with van der Waals surface area (Å²) in [4.78, 5) is 0. The third-order valence-electron chi connectivity index (χ3n) is 1.39. The van der Waals surface area contributed by atoms with Crippen LogP contribution in [0.1, 0.15) is 47.0 Å². The van der Waals surface area contributed by atoms with E-state index < -0.39 is 0 Å². The van der Waals surface area contributed by atoms with Crippen molar-refractivity contribution in [1.29, 1.82) is 0 Å². The van der Waals surface area contributed by atoms with Crippen LogP contribution < -0.4 is 5.73 Å². The van der Waals surface area contributed by atoms with Crippen LogP contribution in [0.25, 0.3) is 0 Å². The Hall–Kier alpha value is -0.300. The van der Waals surface area contributed by atoms with Crippen molar-refractivity contribution < 1.29 is 0 Å². The number of allylic oxidation sites excluding steroid dienone is 2. The third kappa shape index (κ3) is 26.0. The predicted molar refractivity (Wildman–Crippen MR) is 53.7 cm³/mol. The van der Waals surface area contributed by atoms with Crippen LogP contribution in [0.2, 0.25) is 0 Å². The van der Waals surface area contributed by atoms with Crippen molar-refractivity contribution >= 4 is 0 Å². The molecule has 0 fully saturated rings. The molecule has 68 valence electrons. The molecular weight excluding hydrogens is 134 g/mol. The van der Waals surface area contributed by atoms with Crippen molar-refractivity contribution in [2.75, 3.05) is 6.54 Å². The first-order valence-electron chi connectivity index (χ1n) is 4.48. The highest BCUT2D eigenvalue weighted by atomic mass is 14.5. The van der Waals surface area contributed by atoms with Crippen LogP contribution in [0.3, 0.4) is 0 Å². The molecule has 0 saturated heterocycles. The highest BCUT2D eigenvalue weighted by Crippen LogP contribution is 1.88. The van der Waals surface area contributed by atoms with Gasteiger partial charge in [0.1, 0.15) is 0 Å². The molecule has 0 aliphatic rings. The van der Waals surface area contributed by atoms with E-state index in [2.05, 4.69) is 26.8 Å². The second kappa shape index (κ2) is 12.4. The fourth-order valence-electron chi connectivity index (χ4n) is 0.394. The van der Waals surface area contributed by atoms with Crippen LogP contribution in [0.5, 0.6) is 0 Å². The lowest BCUT2D eigenvalue weighted by atomic mass is 10.3. The zero-order valence-corrected chi connectivity index (χ0v) is 8.48. The summed E-state index contributed by atoms with van der Waals surface area (Å²) in [6, 6.07) is 0. The van der Waals surface area contributed by atoms with Gasteiger partial charge in [0.05, 0.1) is 0 Å². The van der Waals surface area contributed by atoms with E-state index in [1.54, 1.807) is 0 Å². The molecule has 0 unspecified atom stereocenters. The smallest absolute Gasteiger partial charge is 0.00773 e. The van der Waals surface area contributed by atoms with E-state index in [9.17, 15) is 0 Å². The summed E-state index contributed by atoms with van der Waals surface area (Å²) in [7, 11) is 0. The monoisotopic (exact) mass is 157 g/mol. The van der Waals surface area contributed by atoms with E-state index in [-0.39, 0.29) is 0 Å². The van der Waals surface area contributed by atoms with Gasteiger partial charge < -0.3 is 5.73 Å². The largest absolute Gasteiger partial charge is 0.330 e. The van der Waals surface area contributed by atoms with Gasteiger partial charge in [-0.15, -0.1) is 0 Å². The summed E-state index contributed by atoms with van der Waals surface area (Å²) < 4.78 is 0. The average molecular weight is 157 g/mol. The molecule has 0 aliphatic heterocycles. The van der Waals surface area contributed by atoms with Gasteiger partial charge in [-0.3, -0.25) is 0 Å². The van der Waals surface area contributed by atoms with E-state index in [0.717, 1.165) is 6.54 Å². The highest BCUT2D eigenvalue weighted by molar-refractivity contribution is 4.88. The lowest BCUT2D eigenvalue weighted by molar-refractivity contribution is 0.727. The van der Waals surface area contributed by atoms with Crippen LogP contribution in [0, 0.1) is 0 Å². The Balaban J connectivity index is 0. The molecule has 2 N–H and O–H groups in total. The molecule has 0 bridgehead atoms. The molecule has 11 heavy (non-hydrogen) atoms. The van der Waals surface area contributed by atoms with Crippen LogP contribution in [-0.2, 0) is 0 Å². The molecule has 0 heterocycles. The van der Waals surface area contributed by atoms with E-state index in [0.29, 0.717) is 0 Å². The van der Waals surface area contributed by atoms with Gasteiger partial charge in [0.2, 0.25) is 0 Å². The van der Waals surface area contributed by atoms with Gasteiger partial charge in [-0.25, -0.2) is 0 Å². The molecule has 1 heteroatoms. The van der Waals surface area contributed by atoms with Crippen molar-refractivity contribution in [2.24, 2.45) is 5.73 Å². The average Bonchev–Trinajstić information content (AvgIpc) is 2.02. The van der Waals surface area contributed by atoms with Crippen LogP contribution in [0.4, 0.5) is 0 Å². The maximum atomic E-state index is 5.21. The van der Waals surface area contributed by atoms with Crippen LogP contribution >= 0.6 is 0 Å². The first-order valence-corrected chi connectivity index (χ1v) is 4.48. The molecule has 0 aromatic carbocycles. The molecule has 0 rings (SSSR count). The molecule has 1 nitrogen and oxygen atoms in total. The van der Waals surface area contributed by atoms with Gasteiger partial charge in [0.25, 0.3) is 0 Å². The lowest BCUT2D eigenvalue weighted by Crippen LogP contribution is -1.96. The summed E-state index contributed by atoms with van der Waals surface area (Å²) in [5.41, 5.74) is 6.59. The molecule has 0 aliphatic carbocycles. The minimum absolute atomic E-state index is 0.855. The Bertz CT molecular complexity index is 76.9. The summed E-state index contributed by atoms with van der Waals surface area (Å²) >= 11 is 0. The minimum atomic E-state index is 0.855. The SMILES string of the molecule is CC=C(C)C.CCCCCN. The maximum absolute atomic E-state index is 5.21. The fourth-order valence-corrected chi connectivity index (χ4v) is 0.394. The molecular formula is C10H23N. The van der Waals surface area contributed by atoms with Crippen molar-refractivity contribution in [3.63, 3.8) is 0 Å². The Morgan fingerprint density at radius 1 is 1.27 bits per heavy atom. The highest BCUT2D eigenvalue weighted by Gasteiger charge is 1.75. The Morgan fingerprint density at radius 2 is 1.73 bits per heavy atom. The number of hydrogen-bond acceptors (Lipinski definition) is 1. The number of hydrogen-bond donors (Lipinski definition) is 1. The zero-order chi connectivity index (χ0) is 9.11. The van der Waals surface area contributed by atoms with Crippen molar-refractivity contribution in [2.45, 2.75) is 47.0 Å². The number of rotatable bonds is 3. The van der Waals surface area contributed by atoms with Crippen molar-refractivity contribution in [3.8, 4) is 0 Å². The molecule has 0 spiro atoms. The first-order chi connectivity index (χ1) is 5.18. The maximum Gasteiger partial charge on any atom is -0.00773 e. The van der Waals surface area contributed by atoms with Gasteiger partial charge >= 0.3 is 0 Å². The summed E-state index contributed by atoms with van der Waals surface area (Å²) in [5, 5.41) is 0. The fraction of sp³-hybridized carbons (Fsp3) is 0.800. The second-order valence-electron chi connectivity index (χ2n) is 2.86. The predicted octanol–water partition coefficient (Wildman–Crippen LogP) is 3.11. The van der Waals surface area contributed by atoms with Gasteiger partial charge in [0, 0.05) is 0 Å². The van der Waals surface area contributed by atoms with E-state index >= 15 is 0 Å². The molecule has 0 atom stereocenters. The Morgan fingerprint density at radius 3 is 1.82 bits per heavy atom. The lowest BCUT2D eigenvalue weighted by Gasteiger charge is -1.86. The van der Waals surface area contributed by atoms with Crippen LogP contribution in [0.15, 0.2) is 11.6 Å². The zero-order valence-electron chi connectivity index (χ0n) is 8.48. The van der Waals surface area contributed by atoms with Crippen molar-refractivity contribution in [3.05, 3.63) is 11.6 Å². The number of unbranched alkanes of at least 4 members (excludes halogenated alkanes) is 2. The van der Waals surface area contributed by atoms with Gasteiger partial charge in [-0.2, -0.15) is 0 Å². The summed E-state index contributed by atoms with van der Waals surface area (Å²) in [6.07, 6.45) is 5.84. The van der Waals surface area contributed by atoms with Crippen molar-refractivity contribution in [1.82, 2.24) is 0 Å². The topological polar surface area (TPSA) is 26.0 Å². The molecule has 0 saturated carbocycles. The Labute approximate surface area is 71.7 Å². The summed E-state index contributed by atoms with van der Waals surface area (Å²) in [5.74, 6) is 0. The standard InChI is InChI=1S/C5H13N.C5H10/c1-2-3-4-5-6;1-4-5(2)3/h2-6H2,1H3;4H,1-3H3.